The molecule has 0 saturated carbocycles. The Balaban J connectivity index is 2.07. The van der Waals surface area contributed by atoms with Crippen LogP contribution in [0.4, 0.5) is 11.5 Å². The van der Waals surface area contributed by atoms with Crippen molar-refractivity contribution in [3.05, 3.63) is 17.3 Å². The number of hydrogen-bond donors (Lipinski definition) is 3. The van der Waals surface area contributed by atoms with Crippen LogP contribution in [0.15, 0.2) is 12.3 Å². The van der Waals surface area contributed by atoms with Gasteiger partial charge in [0.15, 0.2) is 0 Å². The lowest BCUT2D eigenvalue weighted by Gasteiger charge is -2.12. The monoisotopic (exact) mass is 226 g/mol. The van der Waals surface area contributed by atoms with Crippen molar-refractivity contribution in [1.82, 2.24) is 10.3 Å². The smallest absolute Gasteiger partial charge is 0.222 e. The third-order valence-electron chi connectivity index (χ3n) is 2.20. The highest BCUT2D eigenvalue weighted by atomic mass is 35.5. The number of carbonyl (C=O) groups is 1. The largest absolute Gasteiger partial charge is 0.396 e. The van der Waals surface area contributed by atoms with Gasteiger partial charge < -0.3 is 16.4 Å². The van der Waals surface area contributed by atoms with E-state index in [1.165, 1.54) is 6.20 Å². The maximum absolute atomic E-state index is 11.0. The van der Waals surface area contributed by atoms with Gasteiger partial charge in [0.2, 0.25) is 5.91 Å². The average Bonchev–Trinajstić information content (AvgIpc) is 2.56. The molecular formula is C9H11ClN4O. The van der Waals surface area contributed by atoms with Gasteiger partial charge in [0.05, 0.1) is 16.8 Å². The molecule has 1 aromatic heterocycles. The van der Waals surface area contributed by atoms with Crippen LogP contribution in [-0.2, 0) is 4.79 Å². The number of nitrogens with two attached hydrogens (primary N) is 1. The predicted molar refractivity (Wildman–Crippen MR) is 58.7 cm³/mol. The Labute approximate surface area is 92.0 Å². The minimum atomic E-state index is 0.0417. The molecule has 0 spiro atoms. The number of nitrogens with zero attached hydrogens (tertiary/aromatic N) is 1. The topological polar surface area (TPSA) is 80.0 Å². The molecule has 0 radical (unpaired) electrons. The van der Waals surface area contributed by atoms with E-state index in [9.17, 15) is 4.79 Å². The molecule has 6 heteroatoms. The Kier molecular flexibility index (Phi) is 2.64. The maximum Gasteiger partial charge on any atom is 0.222 e. The van der Waals surface area contributed by atoms with Crippen molar-refractivity contribution in [3.63, 3.8) is 0 Å². The van der Waals surface area contributed by atoms with Crippen LogP contribution in [0.25, 0.3) is 0 Å². The fourth-order valence-electron chi connectivity index (χ4n) is 1.48. The van der Waals surface area contributed by atoms with Gasteiger partial charge in [-0.2, -0.15) is 0 Å². The van der Waals surface area contributed by atoms with E-state index in [0.717, 1.165) is 0 Å². The van der Waals surface area contributed by atoms with E-state index in [1.54, 1.807) is 6.07 Å². The Hall–Kier alpha value is -1.49. The molecule has 1 amide bonds. The summed E-state index contributed by atoms with van der Waals surface area (Å²) < 4.78 is 0. The van der Waals surface area contributed by atoms with Gasteiger partial charge in [-0.05, 0) is 6.07 Å². The van der Waals surface area contributed by atoms with E-state index in [2.05, 4.69) is 15.6 Å². The molecule has 2 rings (SSSR count). The van der Waals surface area contributed by atoms with Gasteiger partial charge in [-0.1, -0.05) is 11.6 Å². The lowest BCUT2D eigenvalue weighted by Crippen LogP contribution is -2.23. The fourth-order valence-corrected chi connectivity index (χ4v) is 1.64. The number of amides is 1. The summed E-state index contributed by atoms with van der Waals surface area (Å²) in [6, 6.07) is 1.68. The molecule has 1 aromatic rings. The van der Waals surface area contributed by atoms with Crippen LogP contribution in [0.5, 0.6) is 0 Å². The van der Waals surface area contributed by atoms with Crippen LogP contribution < -0.4 is 16.4 Å². The summed E-state index contributed by atoms with van der Waals surface area (Å²) in [6.07, 6.45) is 1.97. The van der Waals surface area contributed by atoms with Crippen LogP contribution in [0, 0.1) is 0 Å². The number of pyridine rings is 1. The van der Waals surface area contributed by atoms with Crippen molar-refractivity contribution in [1.29, 1.82) is 0 Å². The molecule has 80 valence electrons. The van der Waals surface area contributed by atoms with Crippen LogP contribution in [-0.4, -0.2) is 23.5 Å². The zero-order valence-electron chi connectivity index (χ0n) is 7.96. The molecule has 0 aromatic carbocycles. The Morgan fingerprint density at radius 3 is 3.07 bits per heavy atom. The first kappa shape index (κ1) is 10.0. The Morgan fingerprint density at radius 2 is 2.47 bits per heavy atom. The highest BCUT2D eigenvalue weighted by Crippen LogP contribution is 2.20. The molecule has 0 bridgehead atoms. The molecule has 1 aliphatic rings. The van der Waals surface area contributed by atoms with Crippen molar-refractivity contribution in [2.24, 2.45) is 0 Å². The second kappa shape index (κ2) is 3.94. The molecule has 15 heavy (non-hydrogen) atoms. The van der Waals surface area contributed by atoms with Gasteiger partial charge in [-0.25, -0.2) is 4.98 Å². The van der Waals surface area contributed by atoms with Crippen LogP contribution >= 0.6 is 11.6 Å². The van der Waals surface area contributed by atoms with E-state index < -0.39 is 0 Å². The predicted octanol–water partition coefficient (Wildman–Crippen LogP) is 0.618. The molecule has 4 N–H and O–H groups in total. The van der Waals surface area contributed by atoms with Crippen molar-refractivity contribution in [2.75, 3.05) is 17.6 Å². The van der Waals surface area contributed by atoms with Crippen LogP contribution in [0.3, 0.4) is 0 Å². The summed E-state index contributed by atoms with van der Waals surface area (Å²) in [4.78, 5) is 15.0. The quantitative estimate of drug-likeness (QED) is 0.691. The van der Waals surface area contributed by atoms with Gasteiger partial charge in [0.25, 0.3) is 0 Å². The first-order valence-electron chi connectivity index (χ1n) is 4.59. The highest BCUT2D eigenvalue weighted by Gasteiger charge is 2.21. The second-order valence-corrected chi connectivity index (χ2v) is 3.88. The van der Waals surface area contributed by atoms with E-state index in [-0.39, 0.29) is 11.9 Å². The fraction of sp³-hybridized carbons (Fsp3) is 0.333. The minimum absolute atomic E-state index is 0.0417. The molecular weight excluding hydrogens is 216 g/mol. The van der Waals surface area contributed by atoms with E-state index in [1.807, 2.05) is 0 Å². The first-order chi connectivity index (χ1) is 7.15. The van der Waals surface area contributed by atoms with E-state index >= 15 is 0 Å². The highest BCUT2D eigenvalue weighted by molar-refractivity contribution is 6.30. The Morgan fingerprint density at radius 1 is 1.67 bits per heavy atom. The summed E-state index contributed by atoms with van der Waals surface area (Å²) in [7, 11) is 0. The number of nitrogens with one attached hydrogen (secondary N) is 2. The summed E-state index contributed by atoms with van der Waals surface area (Å²) in [5.74, 6) is 0.612. The number of anilines is 2. The molecule has 0 aliphatic carbocycles. The maximum atomic E-state index is 11.0. The van der Waals surface area contributed by atoms with Crippen molar-refractivity contribution in [3.8, 4) is 0 Å². The molecule has 1 saturated heterocycles. The Bertz CT molecular complexity index is 396. The lowest BCUT2D eigenvalue weighted by molar-refractivity contribution is -0.119. The summed E-state index contributed by atoms with van der Waals surface area (Å²) in [6.45, 7) is 0.600. The minimum Gasteiger partial charge on any atom is -0.396 e. The number of nitrogen functional groups attached to an aromatic ring is 1. The number of rotatable bonds is 2. The molecule has 1 unspecified atom stereocenters. The number of halogens is 1. The molecule has 2 heterocycles. The molecule has 1 fully saturated rings. The van der Waals surface area contributed by atoms with E-state index in [4.69, 9.17) is 17.3 Å². The summed E-state index contributed by atoms with van der Waals surface area (Å²) >= 11 is 5.72. The van der Waals surface area contributed by atoms with Crippen molar-refractivity contribution < 1.29 is 4.79 Å². The third kappa shape index (κ3) is 2.30. The number of hydrogen-bond acceptors (Lipinski definition) is 4. The molecule has 5 nitrogen and oxygen atoms in total. The van der Waals surface area contributed by atoms with Crippen LogP contribution in [0.1, 0.15) is 6.42 Å². The summed E-state index contributed by atoms with van der Waals surface area (Å²) in [5, 5.41) is 6.31. The van der Waals surface area contributed by atoms with Gasteiger partial charge in [-0.3, -0.25) is 4.79 Å². The number of aromatic nitrogens is 1. The zero-order chi connectivity index (χ0) is 10.8. The average molecular weight is 227 g/mol. The summed E-state index contributed by atoms with van der Waals surface area (Å²) in [5.41, 5.74) is 6.21. The van der Waals surface area contributed by atoms with Crippen LogP contribution in [0.2, 0.25) is 5.02 Å². The SMILES string of the molecule is Nc1cc(Cl)cnc1NC1CNC(=O)C1. The standard InChI is InChI=1S/C9H11ClN4O/c10-5-1-7(11)9(13-3-5)14-6-2-8(15)12-4-6/h1,3,6H,2,4,11H2,(H,12,15)(H,13,14). The first-order valence-corrected chi connectivity index (χ1v) is 4.97. The third-order valence-corrected chi connectivity index (χ3v) is 2.41. The van der Waals surface area contributed by atoms with Crippen molar-refractivity contribution in [2.45, 2.75) is 12.5 Å². The second-order valence-electron chi connectivity index (χ2n) is 3.44. The molecule has 1 aliphatic heterocycles. The van der Waals surface area contributed by atoms with Crippen molar-refractivity contribution >= 4 is 29.0 Å². The van der Waals surface area contributed by atoms with Gasteiger partial charge in [0.1, 0.15) is 5.82 Å². The van der Waals surface area contributed by atoms with Gasteiger partial charge >= 0.3 is 0 Å². The number of carbonyl (C=O) groups excluding carboxylic acids is 1. The zero-order valence-corrected chi connectivity index (χ0v) is 8.71. The van der Waals surface area contributed by atoms with Gasteiger partial charge in [0, 0.05) is 19.2 Å². The van der Waals surface area contributed by atoms with Gasteiger partial charge in [-0.15, -0.1) is 0 Å². The molecule has 1 atom stereocenters. The van der Waals surface area contributed by atoms with E-state index in [0.29, 0.717) is 29.5 Å². The lowest BCUT2D eigenvalue weighted by atomic mass is 10.2. The normalized spacial score (nSPS) is 20.1.